The number of phenols is 1. The molecule has 2 aromatic carbocycles. The summed E-state index contributed by atoms with van der Waals surface area (Å²) in [5, 5.41) is 9.80. The number of carbonyl (C=O) groups excluding carboxylic acids is 2. The molecule has 1 atom stereocenters. The van der Waals surface area contributed by atoms with Gasteiger partial charge in [0.05, 0.1) is 31.4 Å². The fourth-order valence-corrected chi connectivity index (χ4v) is 3.50. The van der Waals surface area contributed by atoms with Crippen molar-refractivity contribution in [1.29, 1.82) is 0 Å². The first-order chi connectivity index (χ1) is 13.9. The van der Waals surface area contributed by atoms with E-state index in [1.165, 1.54) is 20.3 Å². The molecule has 150 valence electrons. The maximum atomic E-state index is 13.3. The van der Waals surface area contributed by atoms with E-state index in [9.17, 15) is 14.7 Å². The number of methoxy groups -OCH3 is 2. The van der Waals surface area contributed by atoms with Gasteiger partial charge in [0.1, 0.15) is 0 Å². The fourth-order valence-electron chi connectivity index (χ4n) is 3.50. The van der Waals surface area contributed by atoms with Gasteiger partial charge in [-0.05, 0) is 43.2 Å². The third kappa shape index (κ3) is 3.74. The summed E-state index contributed by atoms with van der Waals surface area (Å²) in [5.74, 6) is -0.590. The summed E-state index contributed by atoms with van der Waals surface area (Å²) in [6.07, 6.45) is 1.61. The summed E-state index contributed by atoms with van der Waals surface area (Å²) in [7, 11) is 2.73. The minimum atomic E-state index is -0.574. The van der Waals surface area contributed by atoms with E-state index in [1.54, 1.807) is 30.0 Å². The summed E-state index contributed by atoms with van der Waals surface area (Å²) in [4.78, 5) is 27.4. The van der Waals surface area contributed by atoms with Crippen LogP contribution in [0, 0.1) is 0 Å². The summed E-state index contributed by atoms with van der Waals surface area (Å²) in [5.41, 5.74) is 2.58. The largest absolute Gasteiger partial charge is 0.504 e. The highest BCUT2D eigenvalue weighted by atomic mass is 16.5. The van der Waals surface area contributed by atoms with Crippen molar-refractivity contribution < 1.29 is 24.2 Å². The molecule has 1 heterocycles. The topological polar surface area (TPSA) is 76.1 Å². The van der Waals surface area contributed by atoms with Crippen molar-refractivity contribution in [2.24, 2.45) is 0 Å². The number of benzene rings is 2. The molecule has 0 saturated heterocycles. The Morgan fingerprint density at radius 2 is 1.83 bits per heavy atom. The predicted molar refractivity (Wildman–Crippen MR) is 109 cm³/mol. The van der Waals surface area contributed by atoms with Crippen LogP contribution in [0.15, 0.2) is 65.4 Å². The van der Waals surface area contributed by atoms with E-state index in [0.717, 1.165) is 5.56 Å². The lowest BCUT2D eigenvalue weighted by Gasteiger charge is -2.26. The molecule has 6 heteroatoms. The van der Waals surface area contributed by atoms with Crippen LogP contribution < -0.4 is 4.74 Å². The molecular formula is C23H23NO5. The van der Waals surface area contributed by atoms with E-state index in [1.807, 2.05) is 37.3 Å². The summed E-state index contributed by atoms with van der Waals surface area (Å²) >= 11 is 0. The second-order valence-corrected chi connectivity index (χ2v) is 6.70. The molecule has 2 aromatic rings. The average molecular weight is 393 g/mol. The highest BCUT2D eigenvalue weighted by molar-refractivity contribution is 6.16. The Morgan fingerprint density at radius 3 is 2.45 bits per heavy atom. The van der Waals surface area contributed by atoms with Crippen LogP contribution in [-0.2, 0) is 14.3 Å². The SMILES string of the molecule is COC(=O)C1=C(C)N([C@H](C)c2ccccc2)C(=O)/C1=C\c1ccc(O)c(OC)c1. The molecule has 1 aliphatic rings. The molecule has 0 aromatic heterocycles. The Morgan fingerprint density at radius 1 is 1.14 bits per heavy atom. The van der Waals surface area contributed by atoms with Gasteiger partial charge in [0, 0.05) is 5.70 Å². The number of hydrogen-bond acceptors (Lipinski definition) is 5. The lowest BCUT2D eigenvalue weighted by atomic mass is 10.0. The van der Waals surface area contributed by atoms with Gasteiger partial charge in [-0.15, -0.1) is 0 Å². The van der Waals surface area contributed by atoms with Gasteiger partial charge in [0.15, 0.2) is 11.5 Å². The number of ether oxygens (including phenoxy) is 2. The zero-order chi connectivity index (χ0) is 21.1. The molecule has 29 heavy (non-hydrogen) atoms. The second kappa shape index (κ2) is 8.22. The van der Waals surface area contributed by atoms with Crippen LogP contribution in [-0.4, -0.2) is 36.1 Å². The third-order valence-corrected chi connectivity index (χ3v) is 5.02. The monoisotopic (exact) mass is 393 g/mol. The average Bonchev–Trinajstić information content (AvgIpc) is 2.98. The van der Waals surface area contributed by atoms with E-state index < -0.39 is 5.97 Å². The molecule has 0 aliphatic carbocycles. The lowest BCUT2D eigenvalue weighted by Crippen LogP contribution is -2.28. The predicted octanol–water partition coefficient (Wildman–Crippen LogP) is 3.83. The zero-order valence-corrected chi connectivity index (χ0v) is 16.8. The van der Waals surface area contributed by atoms with E-state index >= 15 is 0 Å². The van der Waals surface area contributed by atoms with E-state index in [2.05, 4.69) is 0 Å². The van der Waals surface area contributed by atoms with Gasteiger partial charge in [-0.2, -0.15) is 0 Å². The lowest BCUT2D eigenvalue weighted by molar-refractivity contribution is -0.136. The minimum Gasteiger partial charge on any atom is -0.504 e. The summed E-state index contributed by atoms with van der Waals surface area (Å²) in [6.45, 7) is 3.65. The molecule has 0 fully saturated rings. The smallest absolute Gasteiger partial charge is 0.340 e. The molecule has 0 spiro atoms. The van der Waals surface area contributed by atoms with Gasteiger partial charge < -0.3 is 19.5 Å². The molecule has 1 aliphatic heterocycles. The van der Waals surface area contributed by atoms with Gasteiger partial charge in [0.25, 0.3) is 5.91 Å². The highest BCUT2D eigenvalue weighted by Gasteiger charge is 2.39. The molecule has 0 radical (unpaired) electrons. The maximum absolute atomic E-state index is 13.3. The molecule has 1 N–H and O–H groups in total. The number of amides is 1. The van der Waals surface area contributed by atoms with Crippen molar-refractivity contribution in [3.05, 3.63) is 76.5 Å². The molecular weight excluding hydrogens is 370 g/mol. The quantitative estimate of drug-likeness (QED) is 0.617. The Balaban J connectivity index is 2.09. The Hall–Kier alpha value is -3.54. The van der Waals surface area contributed by atoms with E-state index in [0.29, 0.717) is 11.3 Å². The zero-order valence-electron chi connectivity index (χ0n) is 16.8. The molecule has 0 bridgehead atoms. The van der Waals surface area contributed by atoms with Crippen LogP contribution in [0.2, 0.25) is 0 Å². The number of phenolic OH excluding ortho intramolecular Hbond substituents is 1. The number of carbonyl (C=O) groups is 2. The number of esters is 1. The van der Waals surface area contributed by atoms with Crippen LogP contribution in [0.1, 0.15) is 31.0 Å². The number of nitrogens with zero attached hydrogens (tertiary/aromatic N) is 1. The van der Waals surface area contributed by atoms with Crippen LogP contribution in [0.25, 0.3) is 6.08 Å². The van der Waals surface area contributed by atoms with Gasteiger partial charge >= 0.3 is 5.97 Å². The minimum absolute atomic E-state index is 0.00774. The number of aromatic hydroxyl groups is 1. The van der Waals surface area contributed by atoms with E-state index in [-0.39, 0.29) is 34.6 Å². The van der Waals surface area contributed by atoms with Crippen LogP contribution >= 0.6 is 0 Å². The number of rotatable bonds is 5. The molecule has 0 saturated carbocycles. The van der Waals surface area contributed by atoms with Crippen molar-refractivity contribution in [3.63, 3.8) is 0 Å². The van der Waals surface area contributed by atoms with Crippen molar-refractivity contribution in [3.8, 4) is 11.5 Å². The van der Waals surface area contributed by atoms with Crippen LogP contribution in [0.4, 0.5) is 0 Å². The standard InChI is InChI=1S/C23H23NO5/c1-14(17-8-6-5-7-9-17)24-15(2)21(23(27)29-4)18(22(24)26)12-16-10-11-19(25)20(13-16)28-3/h5-14,25H,1-4H3/b18-12-/t14-/m1/s1. The first-order valence-corrected chi connectivity index (χ1v) is 9.15. The van der Waals surface area contributed by atoms with E-state index in [4.69, 9.17) is 9.47 Å². The molecule has 0 unspecified atom stereocenters. The van der Waals surface area contributed by atoms with Gasteiger partial charge in [-0.3, -0.25) is 4.79 Å². The van der Waals surface area contributed by atoms with Gasteiger partial charge in [-0.25, -0.2) is 4.79 Å². The summed E-state index contributed by atoms with van der Waals surface area (Å²) in [6, 6.07) is 14.1. The van der Waals surface area contributed by atoms with Crippen molar-refractivity contribution in [1.82, 2.24) is 4.90 Å². The van der Waals surface area contributed by atoms with Gasteiger partial charge in [-0.1, -0.05) is 36.4 Å². The summed E-state index contributed by atoms with van der Waals surface area (Å²) < 4.78 is 10.1. The number of hydrogen-bond donors (Lipinski definition) is 1. The third-order valence-electron chi connectivity index (χ3n) is 5.02. The molecule has 1 amide bonds. The number of allylic oxidation sites excluding steroid dienone is 1. The Labute approximate surface area is 169 Å². The van der Waals surface area contributed by atoms with Crippen molar-refractivity contribution in [2.75, 3.05) is 14.2 Å². The van der Waals surface area contributed by atoms with Crippen molar-refractivity contribution >= 4 is 18.0 Å². The Bertz CT molecular complexity index is 1010. The maximum Gasteiger partial charge on any atom is 0.340 e. The van der Waals surface area contributed by atoms with Crippen LogP contribution in [0.3, 0.4) is 0 Å². The molecule has 3 rings (SSSR count). The first kappa shape index (κ1) is 20.2. The normalized spacial score (nSPS) is 16.3. The second-order valence-electron chi connectivity index (χ2n) is 6.70. The van der Waals surface area contributed by atoms with Gasteiger partial charge in [0.2, 0.25) is 0 Å². The van der Waals surface area contributed by atoms with Crippen LogP contribution in [0.5, 0.6) is 11.5 Å². The van der Waals surface area contributed by atoms with Crippen molar-refractivity contribution in [2.45, 2.75) is 19.9 Å². The fraction of sp³-hybridized carbons (Fsp3) is 0.217. The highest BCUT2D eigenvalue weighted by Crippen LogP contribution is 2.38. The first-order valence-electron chi connectivity index (χ1n) is 9.15. The molecule has 6 nitrogen and oxygen atoms in total. The Kier molecular flexibility index (Phi) is 5.73.